The Bertz CT molecular complexity index is 3270. The van der Waals surface area contributed by atoms with Crippen molar-refractivity contribution in [3.05, 3.63) is 193 Å². The van der Waals surface area contributed by atoms with Crippen LogP contribution in [-0.4, -0.2) is 4.57 Å². The van der Waals surface area contributed by atoms with Crippen molar-refractivity contribution in [3.8, 4) is 27.9 Å². The van der Waals surface area contributed by atoms with Gasteiger partial charge in [0.2, 0.25) is 0 Å². The molecule has 2 heterocycles. The van der Waals surface area contributed by atoms with E-state index < -0.39 is 0 Å². The maximum absolute atomic E-state index is 6.27. The first-order chi connectivity index (χ1) is 29.0. The topological polar surface area (TPSA) is 21.3 Å². The number of anilines is 3. The monoisotopic (exact) mass is 776 g/mol. The molecule has 2 aromatic heterocycles. The van der Waals surface area contributed by atoms with E-state index in [1.807, 2.05) is 12.1 Å². The van der Waals surface area contributed by atoms with Gasteiger partial charge in [0.05, 0.1) is 16.7 Å². The zero-order valence-corrected chi connectivity index (χ0v) is 35.1. The number of fused-ring (bicyclic) bond motifs is 7. The van der Waals surface area contributed by atoms with Crippen molar-refractivity contribution in [2.45, 2.75) is 52.4 Å². The van der Waals surface area contributed by atoms with E-state index >= 15 is 0 Å². The first-order valence-electron chi connectivity index (χ1n) is 21.2. The van der Waals surface area contributed by atoms with Gasteiger partial charge in [0.15, 0.2) is 0 Å². The van der Waals surface area contributed by atoms with Crippen LogP contribution < -0.4 is 4.90 Å². The van der Waals surface area contributed by atoms with Crippen molar-refractivity contribution in [1.82, 2.24) is 4.57 Å². The molecule has 8 aromatic carbocycles. The molecule has 0 saturated carbocycles. The molecule has 0 aliphatic heterocycles. The van der Waals surface area contributed by atoms with Crippen molar-refractivity contribution in [2.75, 3.05) is 4.90 Å². The van der Waals surface area contributed by atoms with Crippen LogP contribution in [0, 0.1) is 5.41 Å². The number of hydrogen-bond donors (Lipinski definition) is 0. The number of benzene rings is 8. The fourth-order valence-corrected chi connectivity index (χ4v) is 10.2. The summed E-state index contributed by atoms with van der Waals surface area (Å²) >= 11 is 0. The molecule has 0 unspecified atom stereocenters. The average Bonchev–Trinajstić information content (AvgIpc) is 3.84. The minimum Gasteiger partial charge on any atom is -0.456 e. The molecule has 0 amide bonds. The number of aromatic nitrogens is 1. The molecule has 0 N–H and O–H groups in total. The molecular weight excluding hydrogens is 729 g/mol. The lowest BCUT2D eigenvalue weighted by atomic mass is 9.59. The smallest absolute Gasteiger partial charge is 0.135 e. The van der Waals surface area contributed by atoms with Gasteiger partial charge in [0.1, 0.15) is 11.2 Å². The van der Waals surface area contributed by atoms with Gasteiger partial charge in [-0.1, -0.05) is 145 Å². The minimum absolute atomic E-state index is 0.00881. The van der Waals surface area contributed by atoms with Crippen molar-refractivity contribution in [3.63, 3.8) is 0 Å². The number of para-hydroxylation sites is 3. The van der Waals surface area contributed by atoms with E-state index in [4.69, 9.17) is 4.42 Å². The van der Waals surface area contributed by atoms with Crippen molar-refractivity contribution in [1.29, 1.82) is 0 Å². The fourth-order valence-electron chi connectivity index (χ4n) is 10.2. The maximum atomic E-state index is 6.27. The molecule has 0 fully saturated rings. The van der Waals surface area contributed by atoms with E-state index in [0.717, 1.165) is 39.0 Å². The number of rotatable bonds is 6. The third-order valence-electron chi connectivity index (χ3n) is 14.7. The second kappa shape index (κ2) is 13.1. The molecule has 1 aliphatic carbocycles. The predicted molar refractivity (Wildman–Crippen MR) is 253 cm³/mol. The van der Waals surface area contributed by atoms with E-state index in [9.17, 15) is 0 Å². The lowest BCUT2D eigenvalue weighted by Gasteiger charge is -2.44. The molecule has 292 valence electrons. The predicted octanol–water partition coefficient (Wildman–Crippen LogP) is 16.1. The second-order valence-corrected chi connectivity index (χ2v) is 18.2. The summed E-state index contributed by atoms with van der Waals surface area (Å²) in [5.74, 6) is 0. The van der Waals surface area contributed by atoms with Gasteiger partial charge in [-0.05, 0) is 123 Å². The van der Waals surface area contributed by atoms with Gasteiger partial charge >= 0.3 is 0 Å². The summed E-state index contributed by atoms with van der Waals surface area (Å²) in [4.78, 5) is 2.38. The minimum atomic E-state index is 0.00881. The van der Waals surface area contributed by atoms with Crippen LogP contribution in [0.1, 0.15) is 52.7 Å². The van der Waals surface area contributed by atoms with Crippen molar-refractivity contribution in [2.24, 2.45) is 5.41 Å². The molecule has 0 bridgehead atoms. The summed E-state index contributed by atoms with van der Waals surface area (Å²) < 4.78 is 8.74. The lowest BCUT2D eigenvalue weighted by molar-refractivity contribution is 0.125. The van der Waals surface area contributed by atoms with E-state index in [-0.39, 0.29) is 16.2 Å². The molecule has 60 heavy (non-hydrogen) atoms. The molecular formula is C57H48N2O. The summed E-state index contributed by atoms with van der Waals surface area (Å²) in [6, 6.07) is 66.2. The van der Waals surface area contributed by atoms with E-state index in [1.165, 1.54) is 60.9 Å². The van der Waals surface area contributed by atoms with Gasteiger partial charge in [-0.2, -0.15) is 0 Å². The molecule has 0 radical (unpaired) electrons. The Morgan fingerprint density at radius 1 is 0.417 bits per heavy atom. The highest BCUT2D eigenvalue weighted by molar-refractivity contribution is 6.11. The Morgan fingerprint density at radius 2 is 1.02 bits per heavy atom. The van der Waals surface area contributed by atoms with Crippen LogP contribution in [0.25, 0.3) is 71.7 Å². The molecule has 0 atom stereocenters. The fraction of sp³-hybridized carbons (Fsp3) is 0.158. The quantitative estimate of drug-likeness (QED) is 0.168. The molecule has 3 nitrogen and oxygen atoms in total. The van der Waals surface area contributed by atoms with Crippen molar-refractivity contribution < 1.29 is 4.42 Å². The molecule has 0 spiro atoms. The summed E-state index contributed by atoms with van der Waals surface area (Å²) in [6.07, 6.45) is 0. The number of furan rings is 1. The van der Waals surface area contributed by atoms with Crippen LogP contribution in [-0.2, 0) is 10.8 Å². The third kappa shape index (κ3) is 5.21. The summed E-state index contributed by atoms with van der Waals surface area (Å²) in [5.41, 5.74) is 16.5. The first-order valence-corrected chi connectivity index (χ1v) is 21.2. The van der Waals surface area contributed by atoms with Gasteiger partial charge in [0.25, 0.3) is 0 Å². The molecule has 11 rings (SSSR count). The summed E-state index contributed by atoms with van der Waals surface area (Å²) in [7, 11) is 0. The van der Waals surface area contributed by atoms with Gasteiger partial charge < -0.3 is 13.9 Å². The van der Waals surface area contributed by atoms with E-state index in [0.29, 0.717) is 0 Å². The van der Waals surface area contributed by atoms with Crippen LogP contribution in [0.2, 0.25) is 0 Å². The normalized spacial score (nSPS) is 15.2. The highest BCUT2D eigenvalue weighted by atomic mass is 16.3. The standard InChI is InChI=1S/C57H48N2O/c1-55(2)48-35-46-45-33-39(27-31-51(45)59(40-19-11-8-12-20-40)52(46)36-49(48)56(3,4)57(55,5)6)37-25-28-41(29-26-37)58(50-23-15-13-21-43(50)38-17-9-7-10-18-38)42-30-32-54-47(34-42)44-22-14-16-24-53(44)60-54/h7-36H,1-6H3. The molecule has 3 heteroatoms. The maximum Gasteiger partial charge on any atom is 0.135 e. The van der Waals surface area contributed by atoms with Crippen LogP contribution in [0.4, 0.5) is 17.1 Å². The first kappa shape index (κ1) is 36.3. The molecule has 0 saturated heterocycles. The van der Waals surface area contributed by atoms with Crippen LogP contribution in [0.3, 0.4) is 0 Å². The SMILES string of the molecule is CC1(C)c2cc3c4cc(-c5ccc(N(c6ccc7oc8ccccc8c7c6)c6ccccc6-c6ccccc6)cc5)ccc4n(-c4ccccc4)c3cc2C(C)(C)C1(C)C. The van der Waals surface area contributed by atoms with Crippen LogP contribution in [0.5, 0.6) is 0 Å². The third-order valence-corrected chi connectivity index (χ3v) is 14.7. The Hall–Kier alpha value is -6.84. The molecule has 10 aromatic rings. The Labute approximate surface area is 352 Å². The second-order valence-electron chi connectivity index (χ2n) is 18.2. The number of hydrogen-bond acceptors (Lipinski definition) is 2. The van der Waals surface area contributed by atoms with Gasteiger partial charge in [-0.15, -0.1) is 0 Å². The highest BCUT2D eigenvalue weighted by Gasteiger charge is 2.57. The zero-order valence-electron chi connectivity index (χ0n) is 35.1. The average molecular weight is 777 g/mol. The Kier molecular flexibility index (Phi) is 7.90. The Morgan fingerprint density at radius 3 is 1.78 bits per heavy atom. The summed E-state index contributed by atoms with van der Waals surface area (Å²) in [5, 5.41) is 4.80. The lowest BCUT2D eigenvalue weighted by Crippen LogP contribution is -2.42. The van der Waals surface area contributed by atoms with Gasteiger partial charge in [-0.25, -0.2) is 0 Å². The summed E-state index contributed by atoms with van der Waals surface area (Å²) in [6.45, 7) is 14.6. The Balaban J connectivity index is 1.07. The highest BCUT2D eigenvalue weighted by Crippen LogP contribution is 2.62. The number of nitrogens with zero attached hydrogens (tertiary/aromatic N) is 2. The van der Waals surface area contributed by atoms with E-state index in [1.54, 1.807) is 0 Å². The van der Waals surface area contributed by atoms with Gasteiger partial charge in [-0.3, -0.25) is 0 Å². The van der Waals surface area contributed by atoms with Gasteiger partial charge in [0, 0.05) is 44.2 Å². The largest absolute Gasteiger partial charge is 0.456 e. The van der Waals surface area contributed by atoms with E-state index in [2.05, 4.69) is 221 Å². The molecule has 1 aliphatic rings. The van der Waals surface area contributed by atoms with Crippen LogP contribution in [0.15, 0.2) is 186 Å². The van der Waals surface area contributed by atoms with Crippen LogP contribution >= 0.6 is 0 Å². The zero-order chi connectivity index (χ0) is 41.0. The van der Waals surface area contributed by atoms with Crippen molar-refractivity contribution >= 4 is 60.8 Å².